The van der Waals surface area contributed by atoms with Crippen molar-refractivity contribution in [2.75, 3.05) is 58.3 Å². The van der Waals surface area contributed by atoms with Crippen LogP contribution in [-0.4, -0.2) is 80.1 Å². The van der Waals surface area contributed by atoms with Gasteiger partial charge >= 0.3 is 0 Å². The number of anilines is 1. The second kappa shape index (κ2) is 10.3. The van der Waals surface area contributed by atoms with E-state index in [0.717, 1.165) is 44.4 Å². The van der Waals surface area contributed by atoms with Crippen LogP contribution in [0.15, 0.2) is 29.3 Å². The molecule has 1 heterocycles. The van der Waals surface area contributed by atoms with Crippen molar-refractivity contribution in [2.24, 2.45) is 4.99 Å². The number of guanidine groups is 1. The van der Waals surface area contributed by atoms with Crippen LogP contribution < -0.4 is 10.2 Å². The summed E-state index contributed by atoms with van der Waals surface area (Å²) in [6, 6.07) is 7.40. The lowest BCUT2D eigenvalue weighted by molar-refractivity contribution is -0.127. The molecule has 0 unspecified atom stereocenters. The summed E-state index contributed by atoms with van der Waals surface area (Å²) < 4.78 is 0. The largest absolute Gasteiger partial charge is 0.506 e. The Labute approximate surface area is 166 Å². The Bertz CT molecular complexity index is 586. The van der Waals surface area contributed by atoms with Crippen molar-refractivity contribution in [2.45, 2.75) is 6.92 Å². The van der Waals surface area contributed by atoms with Crippen LogP contribution in [0.3, 0.4) is 0 Å². The second-order valence-electron chi connectivity index (χ2n) is 5.92. The summed E-state index contributed by atoms with van der Waals surface area (Å²) in [6.07, 6.45) is 0. The van der Waals surface area contributed by atoms with Gasteiger partial charge in [0, 0.05) is 46.8 Å². The van der Waals surface area contributed by atoms with Crippen molar-refractivity contribution in [3.8, 4) is 5.75 Å². The van der Waals surface area contributed by atoms with Gasteiger partial charge in [-0.25, -0.2) is 4.99 Å². The van der Waals surface area contributed by atoms with Gasteiger partial charge in [0.1, 0.15) is 12.3 Å². The Morgan fingerprint density at radius 2 is 1.88 bits per heavy atom. The number of benzene rings is 1. The molecule has 0 aromatic heterocycles. The van der Waals surface area contributed by atoms with E-state index in [1.54, 1.807) is 25.1 Å². The lowest BCUT2D eigenvalue weighted by atomic mass is 10.2. The predicted octanol–water partition coefficient (Wildman–Crippen LogP) is 1.19. The molecule has 1 aliphatic heterocycles. The number of halogens is 1. The number of aromatic hydroxyl groups is 1. The van der Waals surface area contributed by atoms with Gasteiger partial charge in [-0.05, 0) is 19.1 Å². The highest BCUT2D eigenvalue weighted by atomic mass is 127. The average Bonchev–Trinajstić information content (AvgIpc) is 2.59. The highest BCUT2D eigenvalue weighted by Gasteiger charge is 2.21. The van der Waals surface area contributed by atoms with E-state index < -0.39 is 0 Å². The topological polar surface area (TPSA) is 71.4 Å². The van der Waals surface area contributed by atoms with E-state index in [-0.39, 0.29) is 36.4 Å². The Morgan fingerprint density at radius 1 is 1.24 bits per heavy atom. The van der Waals surface area contributed by atoms with E-state index >= 15 is 0 Å². The number of likely N-dealkylation sites (N-methyl/N-ethyl adjacent to an activating group) is 1. The number of nitrogens with zero attached hydrogens (tertiary/aromatic N) is 4. The molecule has 0 radical (unpaired) electrons. The van der Waals surface area contributed by atoms with Gasteiger partial charge in [0.15, 0.2) is 5.96 Å². The molecule has 2 rings (SSSR count). The molecule has 7 nitrogen and oxygen atoms in total. The first kappa shape index (κ1) is 21.3. The average molecular weight is 461 g/mol. The fourth-order valence-electron chi connectivity index (χ4n) is 2.60. The van der Waals surface area contributed by atoms with Crippen molar-refractivity contribution in [1.82, 2.24) is 15.1 Å². The first-order chi connectivity index (χ1) is 11.5. The minimum absolute atomic E-state index is 0. The molecule has 1 amide bonds. The van der Waals surface area contributed by atoms with Crippen LogP contribution in [0.1, 0.15) is 6.92 Å². The van der Waals surface area contributed by atoms with E-state index in [2.05, 4.69) is 20.1 Å². The highest BCUT2D eigenvalue weighted by molar-refractivity contribution is 14.0. The number of aliphatic imine (C=N–C) groups is 1. The molecule has 25 heavy (non-hydrogen) atoms. The molecular weight excluding hydrogens is 433 g/mol. The molecule has 1 aromatic carbocycles. The van der Waals surface area contributed by atoms with E-state index in [4.69, 9.17) is 0 Å². The van der Waals surface area contributed by atoms with E-state index in [1.165, 1.54) is 0 Å². The van der Waals surface area contributed by atoms with Gasteiger partial charge in [-0.3, -0.25) is 4.79 Å². The molecule has 1 aromatic rings. The quantitative estimate of drug-likeness (QED) is 0.401. The summed E-state index contributed by atoms with van der Waals surface area (Å²) in [7, 11) is 3.46. The lowest BCUT2D eigenvalue weighted by Gasteiger charge is -2.37. The Balaban J connectivity index is 0.00000312. The minimum atomic E-state index is -0.0155. The number of phenolic OH excluding ortho intramolecular Hbond substituents is 1. The third-order valence-electron chi connectivity index (χ3n) is 4.00. The first-order valence-electron chi connectivity index (χ1n) is 8.29. The molecule has 0 atom stereocenters. The number of rotatable bonds is 4. The zero-order valence-corrected chi connectivity index (χ0v) is 17.4. The standard InChI is InChI=1S/C17H27N5O2.HI/c1-4-18-17(19-13-16(24)20(2)3)22-11-9-21(10-12-22)14-7-5-6-8-15(14)23;/h5-8,23H,4,9-13H2,1-3H3,(H,18,19);1H. The zero-order chi connectivity index (χ0) is 17.5. The van der Waals surface area contributed by atoms with Gasteiger partial charge in [-0.2, -0.15) is 0 Å². The van der Waals surface area contributed by atoms with Crippen LogP contribution in [0, 0.1) is 0 Å². The van der Waals surface area contributed by atoms with Crippen LogP contribution >= 0.6 is 24.0 Å². The van der Waals surface area contributed by atoms with Crippen molar-refractivity contribution in [3.05, 3.63) is 24.3 Å². The number of nitrogens with one attached hydrogen (secondary N) is 1. The van der Waals surface area contributed by atoms with Crippen molar-refractivity contribution < 1.29 is 9.90 Å². The van der Waals surface area contributed by atoms with Gasteiger partial charge in [-0.15, -0.1) is 24.0 Å². The van der Waals surface area contributed by atoms with Crippen molar-refractivity contribution >= 4 is 41.5 Å². The lowest BCUT2D eigenvalue weighted by Crippen LogP contribution is -2.52. The highest BCUT2D eigenvalue weighted by Crippen LogP contribution is 2.27. The number of piperazine rings is 1. The Kier molecular flexibility index (Phi) is 8.81. The molecule has 0 spiro atoms. The normalized spacial score (nSPS) is 14.8. The number of carbonyl (C=O) groups excluding carboxylic acids is 1. The smallest absolute Gasteiger partial charge is 0.243 e. The summed E-state index contributed by atoms with van der Waals surface area (Å²) in [6.45, 7) is 6.09. The zero-order valence-electron chi connectivity index (χ0n) is 15.1. The monoisotopic (exact) mass is 461 g/mol. The van der Waals surface area contributed by atoms with Crippen LogP contribution in [0.5, 0.6) is 5.75 Å². The van der Waals surface area contributed by atoms with Crippen LogP contribution in [0.4, 0.5) is 5.69 Å². The molecule has 0 saturated carbocycles. The van der Waals surface area contributed by atoms with E-state index in [1.807, 2.05) is 25.1 Å². The number of carbonyl (C=O) groups is 1. The Morgan fingerprint density at radius 3 is 2.44 bits per heavy atom. The van der Waals surface area contributed by atoms with E-state index in [0.29, 0.717) is 5.75 Å². The number of hydrogen-bond donors (Lipinski definition) is 2. The molecule has 0 aliphatic carbocycles. The summed E-state index contributed by atoms with van der Waals surface area (Å²) in [5.41, 5.74) is 0.863. The third-order valence-corrected chi connectivity index (χ3v) is 4.00. The number of amides is 1. The van der Waals surface area contributed by atoms with Crippen LogP contribution in [0.25, 0.3) is 0 Å². The first-order valence-corrected chi connectivity index (χ1v) is 8.29. The fourth-order valence-corrected chi connectivity index (χ4v) is 2.60. The predicted molar refractivity (Wildman–Crippen MR) is 112 cm³/mol. The van der Waals surface area contributed by atoms with Gasteiger partial charge in [0.2, 0.25) is 5.91 Å². The SMILES string of the molecule is CCNC(=NCC(=O)N(C)C)N1CCN(c2ccccc2O)CC1.I. The molecule has 0 bridgehead atoms. The van der Waals surface area contributed by atoms with E-state index in [9.17, 15) is 9.90 Å². The number of hydrogen-bond acceptors (Lipinski definition) is 4. The van der Waals surface area contributed by atoms with Gasteiger partial charge in [-0.1, -0.05) is 12.1 Å². The fraction of sp³-hybridized carbons (Fsp3) is 0.529. The summed E-state index contributed by atoms with van der Waals surface area (Å²) in [5, 5.41) is 13.2. The van der Waals surface area contributed by atoms with Gasteiger partial charge in [0.25, 0.3) is 0 Å². The van der Waals surface area contributed by atoms with Crippen LogP contribution in [0.2, 0.25) is 0 Å². The molecule has 1 aliphatic rings. The van der Waals surface area contributed by atoms with Crippen LogP contribution in [-0.2, 0) is 4.79 Å². The maximum absolute atomic E-state index is 11.7. The maximum atomic E-state index is 11.7. The molecule has 1 saturated heterocycles. The molecular formula is C17H28IN5O2. The van der Waals surface area contributed by atoms with Gasteiger partial charge in [0.05, 0.1) is 5.69 Å². The molecule has 1 fully saturated rings. The third kappa shape index (κ3) is 5.94. The summed E-state index contributed by atoms with van der Waals surface area (Å²) in [5.74, 6) is 1.06. The number of phenols is 1. The molecule has 2 N–H and O–H groups in total. The number of para-hydroxylation sites is 2. The van der Waals surface area contributed by atoms with Gasteiger partial charge < -0.3 is 25.1 Å². The molecule has 8 heteroatoms. The summed E-state index contributed by atoms with van der Waals surface area (Å²) in [4.78, 5) is 22.1. The minimum Gasteiger partial charge on any atom is -0.506 e. The van der Waals surface area contributed by atoms with Crippen molar-refractivity contribution in [3.63, 3.8) is 0 Å². The summed E-state index contributed by atoms with van der Waals surface area (Å²) >= 11 is 0. The second-order valence-corrected chi connectivity index (χ2v) is 5.92. The maximum Gasteiger partial charge on any atom is 0.243 e. The Hall–Kier alpha value is -1.71. The molecule has 140 valence electrons. The van der Waals surface area contributed by atoms with Crippen molar-refractivity contribution in [1.29, 1.82) is 0 Å².